The van der Waals surface area contributed by atoms with Gasteiger partial charge in [-0.05, 0) is 17.2 Å². The van der Waals surface area contributed by atoms with Gasteiger partial charge in [-0.3, -0.25) is 10.4 Å². The maximum Gasteiger partial charge on any atom is 0.151 e. The number of rotatable bonds is 3. The molecule has 0 fully saturated rings. The van der Waals surface area contributed by atoms with E-state index in [4.69, 9.17) is 16.4 Å². The molecule has 1 heterocycles. The second-order valence-corrected chi connectivity index (χ2v) is 3.65. The molecule has 1 aromatic rings. The van der Waals surface area contributed by atoms with E-state index in [1.54, 1.807) is 12.4 Å². The zero-order chi connectivity index (χ0) is 10.4. The Morgan fingerprint density at radius 3 is 3.07 bits per heavy atom. The Morgan fingerprint density at radius 1 is 1.64 bits per heavy atom. The van der Waals surface area contributed by atoms with Gasteiger partial charge in [0.05, 0.1) is 12.5 Å². The lowest BCUT2D eigenvalue weighted by Crippen LogP contribution is -2.04. The number of hydrogen-bond acceptors (Lipinski definition) is 4. The van der Waals surface area contributed by atoms with Gasteiger partial charge in [-0.15, -0.1) is 0 Å². The molecule has 14 heavy (non-hydrogen) atoms. The summed E-state index contributed by atoms with van der Waals surface area (Å²) in [6, 6.07) is 3.93. The Bertz CT molecular complexity index is 369. The van der Waals surface area contributed by atoms with Gasteiger partial charge in [0.1, 0.15) is 0 Å². The molecule has 72 valence electrons. The van der Waals surface area contributed by atoms with Crippen molar-refractivity contribution in [3.8, 4) is 6.07 Å². The van der Waals surface area contributed by atoms with Gasteiger partial charge < -0.3 is 5.73 Å². The molecule has 5 heteroatoms. The van der Waals surface area contributed by atoms with Crippen molar-refractivity contribution in [2.75, 3.05) is 0 Å². The normalized spacial score (nSPS) is 9.36. The summed E-state index contributed by atoms with van der Waals surface area (Å²) in [5.41, 5.74) is 7.15. The van der Waals surface area contributed by atoms with Gasteiger partial charge in [0.25, 0.3) is 0 Å². The minimum Gasteiger partial charge on any atom is -0.379 e. The summed E-state index contributed by atoms with van der Waals surface area (Å²) in [4.78, 5) is 3.95. The standard InChI is InChI=1S/C9H10N4S/c10-3-1-7-5-13-4-2-8(7)6-14-9(11)12/h2,4-5H,1,6H2,(H3,11,12). The van der Waals surface area contributed by atoms with E-state index >= 15 is 0 Å². The summed E-state index contributed by atoms with van der Waals surface area (Å²) in [7, 11) is 0. The van der Waals surface area contributed by atoms with Gasteiger partial charge >= 0.3 is 0 Å². The van der Waals surface area contributed by atoms with Crippen LogP contribution in [0.5, 0.6) is 0 Å². The Balaban J connectivity index is 2.74. The third-order valence-corrected chi connectivity index (χ3v) is 2.42. The first-order valence-electron chi connectivity index (χ1n) is 3.99. The molecule has 4 nitrogen and oxygen atoms in total. The van der Waals surface area contributed by atoms with Gasteiger partial charge in [0, 0.05) is 18.1 Å². The van der Waals surface area contributed by atoms with Crippen LogP contribution in [-0.2, 0) is 12.2 Å². The quantitative estimate of drug-likeness (QED) is 0.576. The molecule has 0 aliphatic carbocycles. The molecular formula is C9H10N4S. The second-order valence-electron chi connectivity index (χ2n) is 2.63. The number of amidine groups is 1. The molecule has 0 unspecified atom stereocenters. The number of pyridine rings is 1. The van der Waals surface area contributed by atoms with Crippen molar-refractivity contribution in [1.29, 1.82) is 10.7 Å². The molecular weight excluding hydrogens is 196 g/mol. The molecule has 0 aromatic carbocycles. The Hall–Kier alpha value is -1.54. The van der Waals surface area contributed by atoms with Crippen molar-refractivity contribution < 1.29 is 0 Å². The number of nitrogens with one attached hydrogen (secondary N) is 1. The van der Waals surface area contributed by atoms with Gasteiger partial charge in [0.15, 0.2) is 5.17 Å². The molecule has 0 aliphatic rings. The van der Waals surface area contributed by atoms with E-state index in [9.17, 15) is 0 Å². The first-order valence-corrected chi connectivity index (χ1v) is 4.98. The van der Waals surface area contributed by atoms with Crippen LogP contribution in [0.3, 0.4) is 0 Å². The molecule has 0 radical (unpaired) electrons. The van der Waals surface area contributed by atoms with Gasteiger partial charge in [-0.1, -0.05) is 11.8 Å². The summed E-state index contributed by atoms with van der Waals surface area (Å²) in [6.07, 6.45) is 3.71. The van der Waals surface area contributed by atoms with Crippen molar-refractivity contribution in [2.45, 2.75) is 12.2 Å². The molecule has 0 amide bonds. The lowest BCUT2D eigenvalue weighted by atomic mass is 10.1. The fourth-order valence-electron chi connectivity index (χ4n) is 0.997. The van der Waals surface area contributed by atoms with Crippen molar-refractivity contribution in [3.05, 3.63) is 29.6 Å². The first kappa shape index (κ1) is 10.5. The van der Waals surface area contributed by atoms with Crippen LogP contribution < -0.4 is 5.73 Å². The summed E-state index contributed by atoms with van der Waals surface area (Å²) in [5, 5.41) is 15.7. The minimum atomic E-state index is 0.0877. The number of thioether (sulfide) groups is 1. The fourth-order valence-corrected chi connectivity index (χ4v) is 1.59. The van der Waals surface area contributed by atoms with Crippen LogP contribution in [0.25, 0.3) is 0 Å². The molecule has 3 N–H and O–H groups in total. The summed E-state index contributed by atoms with van der Waals surface area (Å²) in [6.45, 7) is 0. The largest absolute Gasteiger partial charge is 0.379 e. The third kappa shape index (κ3) is 3.07. The van der Waals surface area contributed by atoms with E-state index in [2.05, 4.69) is 11.1 Å². The predicted octanol–water partition coefficient (Wildman–Crippen LogP) is 1.27. The number of nitrogens with zero attached hydrogens (tertiary/aromatic N) is 2. The maximum atomic E-state index is 8.57. The number of nitrogens with two attached hydrogens (primary N) is 1. The van der Waals surface area contributed by atoms with Crippen LogP contribution in [0.4, 0.5) is 0 Å². The third-order valence-electron chi connectivity index (χ3n) is 1.66. The van der Waals surface area contributed by atoms with Crippen LogP contribution in [0.2, 0.25) is 0 Å². The van der Waals surface area contributed by atoms with Crippen molar-refractivity contribution >= 4 is 16.9 Å². The Kier molecular flexibility index (Phi) is 3.95. The predicted molar refractivity (Wildman–Crippen MR) is 56.8 cm³/mol. The number of nitriles is 1. The lowest BCUT2D eigenvalue weighted by Gasteiger charge is -2.04. The van der Waals surface area contributed by atoms with Crippen LogP contribution in [-0.4, -0.2) is 10.2 Å². The molecule has 0 saturated carbocycles. The summed E-state index contributed by atoms with van der Waals surface area (Å²) in [5.74, 6) is 0.620. The minimum absolute atomic E-state index is 0.0877. The highest BCUT2D eigenvalue weighted by molar-refractivity contribution is 8.13. The van der Waals surface area contributed by atoms with E-state index in [-0.39, 0.29) is 5.17 Å². The summed E-state index contributed by atoms with van der Waals surface area (Å²) < 4.78 is 0. The highest BCUT2D eigenvalue weighted by Gasteiger charge is 2.02. The van der Waals surface area contributed by atoms with E-state index in [0.717, 1.165) is 11.1 Å². The van der Waals surface area contributed by atoms with Crippen LogP contribution >= 0.6 is 11.8 Å². The molecule has 0 spiro atoms. The van der Waals surface area contributed by atoms with E-state index in [0.29, 0.717) is 12.2 Å². The van der Waals surface area contributed by atoms with Crippen LogP contribution in [0.1, 0.15) is 11.1 Å². The SMILES string of the molecule is N#CCc1cnccc1CSC(=N)N. The molecule has 1 aromatic heterocycles. The van der Waals surface area contributed by atoms with E-state index in [1.807, 2.05) is 6.07 Å². The van der Waals surface area contributed by atoms with Crippen molar-refractivity contribution in [1.82, 2.24) is 4.98 Å². The highest BCUT2D eigenvalue weighted by atomic mass is 32.2. The van der Waals surface area contributed by atoms with Crippen LogP contribution in [0.15, 0.2) is 18.5 Å². The maximum absolute atomic E-state index is 8.57. The molecule has 1 rings (SSSR count). The average Bonchev–Trinajstić information content (AvgIpc) is 2.17. The number of hydrogen-bond donors (Lipinski definition) is 2. The molecule has 0 bridgehead atoms. The zero-order valence-corrected chi connectivity index (χ0v) is 8.34. The second kappa shape index (κ2) is 5.25. The van der Waals surface area contributed by atoms with Gasteiger partial charge in [-0.2, -0.15) is 5.26 Å². The van der Waals surface area contributed by atoms with E-state index < -0.39 is 0 Å². The topological polar surface area (TPSA) is 86.5 Å². The van der Waals surface area contributed by atoms with Gasteiger partial charge in [0.2, 0.25) is 0 Å². The Morgan fingerprint density at radius 2 is 2.43 bits per heavy atom. The monoisotopic (exact) mass is 206 g/mol. The zero-order valence-electron chi connectivity index (χ0n) is 7.53. The Labute approximate surface area is 86.7 Å². The fraction of sp³-hybridized carbons (Fsp3) is 0.222. The lowest BCUT2D eigenvalue weighted by molar-refractivity contribution is 1.14. The average molecular weight is 206 g/mol. The molecule has 0 saturated heterocycles. The van der Waals surface area contributed by atoms with Crippen molar-refractivity contribution in [3.63, 3.8) is 0 Å². The van der Waals surface area contributed by atoms with E-state index in [1.165, 1.54) is 11.8 Å². The molecule has 0 atom stereocenters. The van der Waals surface area contributed by atoms with Crippen LogP contribution in [0, 0.1) is 16.7 Å². The van der Waals surface area contributed by atoms with Crippen molar-refractivity contribution in [2.24, 2.45) is 5.73 Å². The first-order chi connectivity index (χ1) is 6.74. The summed E-state index contributed by atoms with van der Waals surface area (Å²) >= 11 is 1.25. The molecule has 0 aliphatic heterocycles. The smallest absolute Gasteiger partial charge is 0.151 e. The number of aromatic nitrogens is 1. The van der Waals surface area contributed by atoms with Gasteiger partial charge in [-0.25, -0.2) is 0 Å². The highest BCUT2D eigenvalue weighted by Crippen LogP contribution is 2.15.